The van der Waals surface area contributed by atoms with Gasteiger partial charge in [-0.05, 0) is 18.6 Å². The Morgan fingerprint density at radius 3 is 3.00 bits per heavy atom. The summed E-state index contributed by atoms with van der Waals surface area (Å²) in [6, 6.07) is 11.2. The number of hydrogen-bond donors (Lipinski definition) is 1. The highest BCUT2D eigenvalue weighted by Crippen LogP contribution is 2.20. The fourth-order valence-corrected chi connectivity index (χ4v) is 1.88. The molecule has 0 aliphatic heterocycles. The van der Waals surface area contributed by atoms with Gasteiger partial charge in [0.15, 0.2) is 0 Å². The number of hydrogen-bond acceptors (Lipinski definition) is 4. The average molecular weight is 284 g/mol. The fraction of sp³-hybridized carbons (Fsp3) is 0.250. The molecule has 1 N–H and O–H groups in total. The van der Waals surface area contributed by atoms with Crippen molar-refractivity contribution in [2.75, 3.05) is 20.3 Å². The van der Waals surface area contributed by atoms with Crippen molar-refractivity contribution in [1.82, 2.24) is 5.32 Å². The van der Waals surface area contributed by atoms with Gasteiger partial charge >= 0.3 is 0 Å². The highest BCUT2D eigenvalue weighted by Gasteiger charge is 2.10. The third-order valence-electron chi connectivity index (χ3n) is 2.91. The number of nitrogens with one attached hydrogen (secondary N) is 1. The van der Waals surface area contributed by atoms with Crippen molar-refractivity contribution in [1.29, 1.82) is 5.26 Å². The summed E-state index contributed by atoms with van der Waals surface area (Å²) >= 11 is 0. The topological polar surface area (TPSA) is 75.3 Å². The van der Waals surface area contributed by atoms with Crippen LogP contribution in [0.25, 0.3) is 17.0 Å². The molecule has 0 saturated carbocycles. The van der Waals surface area contributed by atoms with Gasteiger partial charge in [0.25, 0.3) is 5.91 Å². The number of carbonyl (C=O) groups excluding carboxylic acids is 1. The third-order valence-corrected chi connectivity index (χ3v) is 2.91. The summed E-state index contributed by atoms with van der Waals surface area (Å²) < 4.78 is 10.5. The Morgan fingerprint density at radius 1 is 1.48 bits per heavy atom. The number of nitrogens with zero attached hydrogens (tertiary/aromatic N) is 1. The minimum atomic E-state index is -0.408. The molecule has 108 valence electrons. The number of nitriles is 1. The molecule has 2 rings (SSSR count). The molecule has 1 heterocycles. The molecule has 0 atom stereocenters. The predicted molar refractivity (Wildman–Crippen MR) is 79.3 cm³/mol. The molecule has 0 spiro atoms. The maximum absolute atomic E-state index is 11.9. The van der Waals surface area contributed by atoms with Crippen LogP contribution in [0.3, 0.4) is 0 Å². The number of ether oxygens (including phenoxy) is 1. The number of carbonyl (C=O) groups is 1. The minimum Gasteiger partial charge on any atom is -0.457 e. The van der Waals surface area contributed by atoms with Crippen molar-refractivity contribution in [2.45, 2.75) is 6.42 Å². The molecule has 1 aromatic carbocycles. The molecule has 0 unspecified atom stereocenters. The van der Waals surface area contributed by atoms with Gasteiger partial charge in [-0.25, -0.2) is 0 Å². The molecular weight excluding hydrogens is 268 g/mol. The van der Waals surface area contributed by atoms with Crippen LogP contribution in [0.5, 0.6) is 0 Å². The Kier molecular flexibility index (Phi) is 5.13. The van der Waals surface area contributed by atoms with E-state index in [4.69, 9.17) is 14.4 Å². The first-order valence-electron chi connectivity index (χ1n) is 6.62. The highest BCUT2D eigenvalue weighted by atomic mass is 16.5. The highest BCUT2D eigenvalue weighted by molar-refractivity contribution is 6.01. The number of amides is 1. The predicted octanol–water partition coefficient (Wildman–Crippen LogP) is 2.49. The molecule has 0 radical (unpaired) electrons. The molecule has 5 nitrogen and oxygen atoms in total. The van der Waals surface area contributed by atoms with Crippen molar-refractivity contribution >= 4 is 23.0 Å². The Hall–Kier alpha value is -2.58. The molecule has 0 bridgehead atoms. The zero-order valence-corrected chi connectivity index (χ0v) is 11.8. The quantitative estimate of drug-likeness (QED) is 0.502. The van der Waals surface area contributed by atoms with Gasteiger partial charge < -0.3 is 14.5 Å². The van der Waals surface area contributed by atoms with Gasteiger partial charge in [-0.2, -0.15) is 5.26 Å². The van der Waals surface area contributed by atoms with Gasteiger partial charge in [-0.3, -0.25) is 4.79 Å². The van der Waals surface area contributed by atoms with Gasteiger partial charge in [0.05, 0.1) is 0 Å². The number of furan rings is 1. The molecule has 1 aromatic heterocycles. The van der Waals surface area contributed by atoms with Crippen LogP contribution >= 0.6 is 0 Å². The van der Waals surface area contributed by atoms with E-state index in [-0.39, 0.29) is 5.57 Å². The number of methoxy groups -OCH3 is 1. The fourth-order valence-electron chi connectivity index (χ4n) is 1.88. The normalized spacial score (nSPS) is 11.3. The second-order valence-corrected chi connectivity index (χ2v) is 4.46. The van der Waals surface area contributed by atoms with Crippen molar-refractivity contribution in [2.24, 2.45) is 0 Å². The molecular formula is C16H16N2O3. The maximum atomic E-state index is 11.9. The van der Waals surface area contributed by atoms with Crippen molar-refractivity contribution in [3.05, 3.63) is 41.7 Å². The zero-order valence-electron chi connectivity index (χ0n) is 11.8. The monoisotopic (exact) mass is 284 g/mol. The largest absolute Gasteiger partial charge is 0.457 e. The number of benzene rings is 1. The molecule has 0 fully saturated rings. The Morgan fingerprint density at radius 2 is 2.29 bits per heavy atom. The SMILES string of the molecule is COCCCNC(=O)/C(C#N)=C/c1cc2ccccc2o1. The zero-order chi connectivity index (χ0) is 15.1. The second-order valence-electron chi connectivity index (χ2n) is 4.46. The van der Waals surface area contributed by atoms with Gasteiger partial charge in [-0.1, -0.05) is 18.2 Å². The lowest BCUT2D eigenvalue weighted by Gasteiger charge is -2.02. The Labute approximate surface area is 122 Å². The van der Waals surface area contributed by atoms with E-state index in [0.717, 1.165) is 11.0 Å². The van der Waals surface area contributed by atoms with Crippen LogP contribution in [0, 0.1) is 11.3 Å². The van der Waals surface area contributed by atoms with Crippen molar-refractivity contribution < 1.29 is 13.9 Å². The van der Waals surface area contributed by atoms with E-state index >= 15 is 0 Å². The van der Waals surface area contributed by atoms with Crippen LogP contribution in [0.1, 0.15) is 12.2 Å². The summed E-state index contributed by atoms with van der Waals surface area (Å²) in [5, 5.41) is 12.7. The van der Waals surface area contributed by atoms with E-state index in [1.54, 1.807) is 13.2 Å². The Bertz CT molecular complexity index is 662. The third kappa shape index (κ3) is 3.94. The summed E-state index contributed by atoms with van der Waals surface area (Å²) in [6.07, 6.45) is 2.15. The van der Waals surface area contributed by atoms with E-state index in [1.165, 1.54) is 6.08 Å². The van der Waals surface area contributed by atoms with Crippen LogP contribution in [-0.2, 0) is 9.53 Å². The van der Waals surface area contributed by atoms with Gasteiger partial charge in [0.2, 0.25) is 0 Å². The molecule has 0 saturated heterocycles. The first-order valence-corrected chi connectivity index (χ1v) is 6.62. The van der Waals surface area contributed by atoms with Crippen LogP contribution < -0.4 is 5.32 Å². The lowest BCUT2D eigenvalue weighted by Crippen LogP contribution is -2.26. The smallest absolute Gasteiger partial charge is 0.262 e. The Balaban J connectivity index is 2.09. The molecule has 0 aliphatic carbocycles. The van der Waals surface area contributed by atoms with E-state index in [9.17, 15) is 4.79 Å². The van der Waals surface area contributed by atoms with Gasteiger partial charge in [0, 0.05) is 31.7 Å². The van der Waals surface area contributed by atoms with Crippen molar-refractivity contribution in [3.8, 4) is 6.07 Å². The molecule has 0 aliphatic rings. The molecule has 2 aromatic rings. The van der Waals surface area contributed by atoms with E-state index in [1.807, 2.05) is 30.3 Å². The lowest BCUT2D eigenvalue weighted by atomic mass is 10.2. The lowest BCUT2D eigenvalue weighted by molar-refractivity contribution is -0.117. The second kappa shape index (κ2) is 7.27. The summed E-state index contributed by atoms with van der Waals surface area (Å²) in [5.74, 6) is 0.0776. The maximum Gasteiger partial charge on any atom is 0.262 e. The van der Waals surface area contributed by atoms with Crippen LogP contribution in [-0.4, -0.2) is 26.2 Å². The summed E-state index contributed by atoms with van der Waals surface area (Å²) in [7, 11) is 1.60. The number of rotatable bonds is 6. The first kappa shape index (κ1) is 14.8. The summed E-state index contributed by atoms with van der Waals surface area (Å²) in [5.41, 5.74) is 0.744. The number of fused-ring (bicyclic) bond motifs is 1. The van der Waals surface area contributed by atoms with Crippen LogP contribution in [0.15, 0.2) is 40.3 Å². The van der Waals surface area contributed by atoms with Crippen LogP contribution in [0.2, 0.25) is 0 Å². The van der Waals surface area contributed by atoms with E-state index in [0.29, 0.717) is 25.3 Å². The van der Waals surface area contributed by atoms with E-state index < -0.39 is 5.91 Å². The molecule has 21 heavy (non-hydrogen) atoms. The minimum absolute atomic E-state index is 0.0199. The standard InChI is InChI=1S/C16H16N2O3/c1-20-8-4-7-18-16(19)13(11-17)10-14-9-12-5-2-3-6-15(12)21-14/h2-3,5-6,9-10H,4,7-8H2,1H3,(H,18,19)/b13-10+. The summed E-state index contributed by atoms with van der Waals surface area (Å²) in [6.45, 7) is 1.03. The van der Waals surface area contributed by atoms with Crippen LogP contribution in [0.4, 0.5) is 0 Å². The van der Waals surface area contributed by atoms with Crippen molar-refractivity contribution in [3.63, 3.8) is 0 Å². The van der Waals surface area contributed by atoms with Gasteiger partial charge in [-0.15, -0.1) is 0 Å². The first-order chi connectivity index (χ1) is 10.2. The van der Waals surface area contributed by atoms with Gasteiger partial charge in [0.1, 0.15) is 23.0 Å². The summed E-state index contributed by atoms with van der Waals surface area (Å²) in [4.78, 5) is 11.9. The number of para-hydroxylation sites is 1. The van der Waals surface area contributed by atoms with E-state index in [2.05, 4.69) is 5.32 Å². The molecule has 5 heteroatoms. The molecule has 1 amide bonds. The average Bonchev–Trinajstić information content (AvgIpc) is 2.91.